The van der Waals surface area contributed by atoms with Gasteiger partial charge >= 0.3 is 0 Å². The summed E-state index contributed by atoms with van der Waals surface area (Å²) >= 11 is 1.54. The summed E-state index contributed by atoms with van der Waals surface area (Å²) in [5.74, 6) is -8.26. The summed E-state index contributed by atoms with van der Waals surface area (Å²) < 4.78 is 0. The predicted molar refractivity (Wildman–Crippen MR) is 155 cm³/mol. The van der Waals surface area contributed by atoms with Crippen LogP contribution in [0.15, 0.2) is 6.07 Å². The molecule has 3 unspecified atom stereocenters. The number of aliphatic hydroxyl groups excluding tert-OH is 3. The number of carbonyl (C=O) groups excluding carboxylic acids is 3. The van der Waals surface area contributed by atoms with Crippen LogP contribution in [0.25, 0.3) is 0 Å². The van der Waals surface area contributed by atoms with E-state index in [0.717, 1.165) is 5.56 Å². The smallest absolute Gasteiger partial charge is 0.230 e. The third-order valence-corrected chi connectivity index (χ3v) is 11.5. The summed E-state index contributed by atoms with van der Waals surface area (Å²) in [4.78, 5) is 40.9. The molecule has 0 radical (unpaired) electrons. The van der Waals surface area contributed by atoms with Crippen molar-refractivity contribution in [2.75, 3.05) is 6.26 Å². The zero-order valence-corrected chi connectivity index (χ0v) is 26.2. The van der Waals surface area contributed by atoms with E-state index in [0.29, 0.717) is 16.9 Å². The molecule has 4 rings (SSSR count). The van der Waals surface area contributed by atoms with Crippen LogP contribution in [0.2, 0.25) is 0 Å². The summed E-state index contributed by atoms with van der Waals surface area (Å²) in [7, 11) is 0. The molecule has 0 aromatic heterocycles. The number of rotatable bonds is 4. The van der Waals surface area contributed by atoms with Crippen molar-refractivity contribution in [2.24, 2.45) is 40.2 Å². The highest BCUT2D eigenvalue weighted by Crippen LogP contribution is 2.68. The second-order valence-corrected chi connectivity index (χ2v) is 15.1. The molecule has 10 atom stereocenters. The minimum Gasteiger partial charge on any atom is -0.507 e. The van der Waals surface area contributed by atoms with Gasteiger partial charge in [0.1, 0.15) is 17.8 Å². The van der Waals surface area contributed by atoms with E-state index in [2.05, 4.69) is 0 Å². The van der Waals surface area contributed by atoms with Gasteiger partial charge in [0, 0.05) is 22.1 Å². The number of benzene rings is 1. The number of amides is 1. The largest absolute Gasteiger partial charge is 0.507 e. The standard InChI is InChI=1S/C31H45NO8S/c1-12(2)19-23(35)18(26(32)38)24(36)31(40)25(37)20-22(34)17-16(13(3)29(20,7)27(39)30(19,31)8)14(11-41-9)10-15(21(17)33)28(4,5)6/h10,12-13,18-20,23,25,27,33,35,37,39-40H,11H2,1-9H3,(H2,32,38)/t13-,18?,19+,20-,23?,25?,27-,29+,30+,31+/m1/s1. The van der Waals surface area contributed by atoms with Crippen LogP contribution in [0.5, 0.6) is 5.75 Å². The normalized spacial score (nSPS) is 40.7. The van der Waals surface area contributed by atoms with Crippen LogP contribution in [0.1, 0.15) is 88.4 Å². The molecule has 0 bridgehead atoms. The Balaban J connectivity index is 2.10. The Bertz CT molecular complexity index is 1310. The van der Waals surface area contributed by atoms with E-state index in [9.17, 15) is 39.9 Å². The molecule has 0 saturated heterocycles. The number of nitrogens with two attached hydrogens (primary N) is 1. The molecule has 9 nitrogen and oxygen atoms in total. The molecule has 0 spiro atoms. The zero-order valence-electron chi connectivity index (χ0n) is 25.3. The fourth-order valence-electron chi connectivity index (χ4n) is 8.84. The molecule has 7 N–H and O–H groups in total. The average Bonchev–Trinajstić information content (AvgIpc) is 2.84. The van der Waals surface area contributed by atoms with Crippen LogP contribution in [0.3, 0.4) is 0 Å². The third kappa shape index (κ3) is 3.79. The molecule has 2 fully saturated rings. The molecule has 1 amide bonds. The number of aliphatic hydroxyl groups is 4. The number of hydrogen-bond donors (Lipinski definition) is 6. The molecule has 228 valence electrons. The van der Waals surface area contributed by atoms with Gasteiger partial charge in [-0.1, -0.05) is 61.5 Å². The molecule has 2 saturated carbocycles. The summed E-state index contributed by atoms with van der Waals surface area (Å²) in [6.45, 7) is 14.1. The number of phenolic OH excluding ortho intramolecular Hbond substituents is 1. The predicted octanol–water partition coefficient (Wildman–Crippen LogP) is 2.27. The minimum absolute atomic E-state index is 0.0186. The Labute approximate surface area is 245 Å². The first-order valence-electron chi connectivity index (χ1n) is 14.2. The highest BCUT2D eigenvalue weighted by Gasteiger charge is 2.80. The minimum atomic E-state index is -2.79. The van der Waals surface area contributed by atoms with Crippen molar-refractivity contribution in [1.29, 1.82) is 0 Å². The Morgan fingerprint density at radius 3 is 2.17 bits per heavy atom. The monoisotopic (exact) mass is 591 g/mol. The summed E-state index contributed by atoms with van der Waals surface area (Å²) in [5.41, 5.74) is 0.846. The third-order valence-electron chi connectivity index (χ3n) is 10.9. The number of ketones is 2. The molecule has 0 heterocycles. The van der Waals surface area contributed by atoms with Gasteiger partial charge in [-0.3, -0.25) is 14.4 Å². The van der Waals surface area contributed by atoms with E-state index in [1.807, 2.05) is 40.0 Å². The van der Waals surface area contributed by atoms with Gasteiger partial charge < -0.3 is 31.3 Å². The number of primary amides is 1. The lowest BCUT2D eigenvalue weighted by Gasteiger charge is -2.69. The van der Waals surface area contributed by atoms with Crippen molar-refractivity contribution in [3.05, 3.63) is 28.3 Å². The van der Waals surface area contributed by atoms with Crippen LogP contribution in [-0.2, 0) is 20.8 Å². The van der Waals surface area contributed by atoms with Crippen LogP contribution < -0.4 is 5.73 Å². The zero-order chi connectivity index (χ0) is 31.4. The highest BCUT2D eigenvalue weighted by atomic mass is 32.2. The number of fused-ring (bicyclic) bond motifs is 3. The lowest BCUT2D eigenvalue weighted by atomic mass is 9.36. The van der Waals surface area contributed by atoms with Crippen molar-refractivity contribution in [3.63, 3.8) is 0 Å². The van der Waals surface area contributed by atoms with Gasteiger partial charge in [-0.2, -0.15) is 11.8 Å². The molecule has 1 aromatic rings. The van der Waals surface area contributed by atoms with E-state index < -0.39 is 87.2 Å². The molecular formula is C31H45NO8S. The van der Waals surface area contributed by atoms with Crippen molar-refractivity contribution in [3.8, 4) is 5.75 Å². The molecular weight excluding hydrogens is 546 g/mol. The van der Waals surface area contributed by atoms with Gasteiger partial charge in [0.05, 0.1) is 23.7 Å². The first kappa shape index (κ1) is 31.9. The van der Waals surface area contributed by atoms with E-state index in [1.54, 1.807) is 32.5 Å². The van der Waals surface area contributed by atoms with Gasteiger partial charge in [0.25, 0.3) is 0 Å². The highest BCUT2D eigenvalue weighted by molar-refractivity contribution is 7.97. The maximum absolute atomic E-state index is 14.5. The number of carbonyl (C=O) groups is 3. The summed E-state index contributed by atoms with van der Waals surface area (Å²) in [6, 6.07) is 1.89. The molecule has 1 aromatic carbocycles. The second kappa shape index (κ2) is 9.77. The number of aromatic hydroxyl groups is 1. The van der Waals surface area contributed by atoms with E-state index >= 15 is 0 Å². The number of hydrogen-bond acceptors (Lipinski definition) is 9. The van der Waals surface area contributed by atoms with Crippen LogP contribution in [-0.4, -0.2) is 73.2 Å². The maximum Gasteiger partial charge on any atom is 0.230 e. The van der Waals surface area contributed by atoms with Gasteiger partial charge in [-0.05, 0) is 40.6 Å². The Morgan fingerprint density at radius 2 is 1.71 bits per heavy atom. The molecule has 3 aliphatic rings. The molecule has 10 heteroatoms. The quantitative estimate of drug-likeness (QED) is 0.287. The Morgan fingerprint density at radius 1 is 1.15 bits per heavy atom. The first-order chi connectivity index (χ1) is 18.7. The fourth-order valence-corrected chi connectivity index (χ4v) is 9.39. The summed E-state index contributed by atoms with van der Waals surface area (Å²) in [5, 5.41) is 59.7. The lowest BCUT2D eigenvalue weighted by molar-refractivity contribution is -0.306. The van der Waals surface area contributed by atoms with Crippen molar-refractivity contribution < 1.29 is 39.9 Å². The van der Waals surface area contributed by atoms with Crippen molar-refractivity contribution in [1.82, 2.24) is 0 Å². The number of Topliss-reactive ketones (excluding diaryl/α,β-unsaturated/α-hetero) is 2. The van der Waals surface area contributed by atoms with Crippen molar-refractivity contribution >= 4 is 29.2 Å². The van der Waals surface area contributed by atoms with Crippen molar-refractivity contribution in [2.45, 2.75) is 96.4 Å². The van der Waals surface area contributed by atoms with Gasteiger partial charge in [-0.25, -0.2) is 0 Å². The summed E-state index contributed by atoms with van der Waals surface area (Å²) in [6.07, 6.45) is -3.35. The van der Waals surface area contributed by atoms with E-state index in [-0.39, 0.29) is 11.3 Å². The average molecular weight is 592 g/mol. The fraction of sp³-hybridized carbons (Fsp3) is 0.710. The second-order valence-electron chi connectivity index (χ2n) is 14.2. The maximum atomic E-state index is 14.5. The SMILES string of the molecule is CSCc1cc(C(C)(C)C)c(O)c2c1[C@@H](C)[C@@]1(C)[C@H](C2=O)C(O)[C@@]2(O)C(=O)C(C(N)=O)C(O)[C@H](C(C)C)[C@@]2(C)[C@@H]1O. The Hall–Kier alpha value is -1.98. The topological polar surface area (TPSA) is 178 Å². The van der Waals surface area contributed by atoms with E-state index in [4.69, 9.17) is 5.73 Å². The molecule has 41 heavy (non-hydrogen) atoms. The van der Waals surface area contributed by atoms with E-state index in [1.165, 1.54) is 6.92 Å². The lowest BCUT2D eigenvalue weighted by Crippen LogP contribution is -2.83. The number of thioether (sulfide) groups is 1. The van der Waals surface area contributed by atoms with Gasteiger partial charge in [0.15, 0.2) is 17.2 Å². The van der Waals surface area contributed by atoms with Crippen LogP contribution >= 0.6 is 11.8 Å². The number of phenols is 1. The Kier molecular flexibility index (Phi) is 7.61. The first-order valence-corrected chi connectivity index (χ1v) is 15.6. The van der Waals surface area contributed by atoms with Gasteiger partial charge in [0.2, 0.25) is 5.91 Å². The molecule has 3 aliphatic carbocycles. The van der Waals surface area contributed by atoms with Crippen LogP contribution in [0, 0.1) is 34.5 Å². The molecule has 0 aliphatic heterocycles. The van der Waals surface area contributed by atoms with Crippen LogP contribution in [0.4, 0.5) is 0 Å². The van der Waals surface area contributed by atoms with Gasteiger partial charge in [-0.15, -0.1) is 0 Å².